The Labute approximate surface area is 151 Å². The number of amides is 1. The normalized spacial score (nSPS) is 21.1. The topological polar surface area (TPSA) is 46.9 Å². The summed E-state index contributed by atoms with van der Waals surface area (Å²) < 4.78 is 29.2. The first-order valence-electron chi connectivity index (χ1n) is 9.21. The van der Waals surface area contributed by atoms with E-state index in [-0.39, 0.29) is 23.1 Å². The minimum Gasteiger partial charge on any atom is -0.346 e. The van der Waals surface area contributed by atoms with Crippen LogP contribution in [0, 0.1) is 11.6 Å². The quantitative estimate of drug-likeness (QED) is 0.878. The number of benzene rings is 1. The summed E-state index contributed by atoms with van der Waals surface area (Å²) in [5.41, 5.74) is 2.12. The fraction of sp³-hybridized carbons (Fsp3) is 0.500. The molecule has 4 nitrogen and oxygen atoms in total. The van der Waals surface area contributed by atoms with Crippen LogP contribution in [-0.4, -0.2) is 21.2 Å². The Morgan fingerprint density at radius 2 is 2.04 bits per heavy atom. The van der Waals surface area contributed by atoms with E-state index in [9.17, 15) is 13.6 Å². The monoisotopic (exact) mass is 359 g/mol. The van der Waals surface area contributed by atoms with Crippen LogP contribution in [0.4, 0.5) is 8.78 Å². The van der Waals surface area contributed by atoms with Crippen LogP contribution in [0.5, 0.6) is 0 Å². The molecule has 1 fully saturated rings. The molecule has 138 valence electrons. The van der Waals surface area contributed by atoms with Crippen LogP contribution in [0.3, 0.4) is 0 Å². The third kappa shape index (κ3) is 2.63. The Bertz CT molecular complexity index is 887. The summed E-state index contributed by atoms with van der Waals surface area (Å²) in [6, 6.07) is 3.47. The van der Waals surface area contributed by atoms with Gasteiger partial charge in [-0.2, -0.15) is 5.10 Å². The van der Waals surface area contributed by atoms with E-state index in [0.29, 0.717) is 11.6 Å². The Hall–Kier alpha value is -2.24. The highest BCUT2D eigenvalue weighted by atomic mass is 19.1. The lowest BCUT2D eigenvalue weighted by atomic mass is 9.94. The molecule has 26 heavy (non-hydrogen) atoms. The zero-order chi connectivity index (χ0) is 18.6. The summed E-state index contributed by atoms with van der Waals surface area (Å²) >= 11 is 0. The molecule has 1 amide bonds. The van der Waals surface area contributed by atoms with Gasteiger partial charge in [0, 0.05) is 23.1 Å². The average molecular weight is 359 g/mol. The van der Waals surface area contributed by atoms with E-state index in [1.54, 1.807) is 0 Å². The van der Waals surface area contributed by atoms with Crippen molar-refractivity contribution >= 4 is 5.91 Å². The third-order valence-electron chi connectivity index (χ3n) is 5.88. The molecule has 0 radical (unpaired) electrons. The summed E-state index contributed by atoms with van der Waals surface area (Å²) in [6.07, 6.45) is 3.83. The first-order chi connectivity index (χ1) is 12.3. The maximum Gasteiger partial charge on any atom is 0.272 e. The number of halogens is 2. The molecule has 6 heteroatoms. The number of carbonyl (C=O) groups excluding carboxylic acids is 1. The zero-order valence-electron chi connectivity index (χ0n) is 15.3. The molecule has 1 N–H and O–H groups in total. The lowest BCUT2D eigenvalue weighted by molar-refractivity contribution is 0.0904. The molecular weight excluding hydrogens is 336 g/mol. The van der Waals surface area contributed by atoms with Crippen LogP contribution >= 0.6 is 0 Å². The van der Waals surface area contributed by atoms with E-state index >= 15 is 0 Å². The van der Waals surface area contributed by atoms with Crippen molar-refractivity contribution in [3.63, 3.8) is 0 Å². The second-order valence-corrected chi connectivity index (χ2v) is 8.05. The number of hydrogen-bond donors (Lipinski definition) is 1. The molecule has 1 heterocycles. The summed E-state index contributed by atoms with van der Waals surface area (Å²) in [4.78, 5) is 12.9. The Morgan fingerprint density at radius 3 is 2.73 bits per heavy atom. The number of nitrogens with zero attached hydrogens (tertiary/aromatic N) is 2. The first-order valence-corrected chi connectivity index (χ1v) is 9.21. The highest BCUT2D eigenvalue weighted by molar-refractivity contribution is 5.95. The fourth-order valence-electron chi connectivity index (χ4n) is 4.19. The van der Waals surface area contributed by atoms with E-state index in [1.165, 1.54) is 16.8 Å². The maximum atomic E-state index is 14.4. The van der Waals surface area contributed by atoms with Gasteiger partial charge in [0.15, 0.2) is 11.5 Å². The largest absolute Gasteiger partial charge is 0.346 e. The maximum absolute atomic E-state index is 14.4. The van der Waals surface area contributed by atoms with Crippen LogP contribution < -0.4 is 5.32 Å². The molecule has 1 saturated carbocycles. The molecular formula is C20H23F2N3O. The van der Waals surface area contributed by atoms with Crippen molar-refractivity contribution < 1.29 is 13.6 Å². The number of aromatic nitrogens is 2. The molecule has 2 aliphatic carbocycles. The van der Waals surface area contributed by atoms with Crippen molar-refractivity contribution in [2.75, 3.05) is 0 Å². The van der Waals surface area contributed by atoms with E-state index < -0.39 is 11.6 Å². The molecule has 0 aliphatic heterocycles. The van der Waals surface area contributed by atoms with Gasteiger partial charge in [-0.25, -0.2) is 13.5 Å². The molecule has 1 aromatic carbocycles. The summed E-state index contributed by atoms with van der Waals surface area (Å²) in [5.74, 6) is -0.925. The standard InChI is InChI=1S/C20H23F2N3O/c1-4-20(2,3)23-19(26)17-16-11-5-6-12(9-11)18(16)25(24-17)15-8-7-13(21)10-14(15)22/h7-8,10-12H,4-6,9H2,1-3H3,(H,23,26). The number of fused-ring (bicyclic) bond motifs is 5. The van der Waals surface area contributed by atoms with Gasteiger partial charge in [-0.1, -0.05) is 6.92 Å². The van der Waals surface area contributed by atoms with Crippen molar-refractivity contribution in [3.8, 4) is 5.69 Å². The van der Waals surface area contributed by atoms with Gasteiger partial charge in [0.1, 0.15) is 11.5 Å². The van der Waals surface area contributed by atoms with Crippen LogP contribution in [-0.2, 0) is 0 Å². The summed E-state index contributed by atoms with van der Waals surface area (Å²) in [6.45, 7) is 5.95. The minimum atomic E-state index is -0.668. The third-order valence-corrected chi connectivity index (χ3v) is 5.88. The van der Waals surface area contributed by atoms with Gasteiger partial charge in [0.05, 0.1) is 5.69 Å². The van der Waals surface area contributed by atoms with Gasteiger partial charge in [-0.3, -0.25) is 4.79 Å². The van der Waals surface area contributed by atoms with Crippen molar-refractivity contribution in [2.45, 2.75) is 63.8 Å². The number of hydrogen-bond acceptors (Lipinski definition) is 2. The lowest BCUT2D eigenvalue weighted by Gasteiger charge is -2.24. The molecule has 2 aliphatic rings. The van der Waals surface area contributed by atoms with Gasteiger partial charge >= 0.3 is 0 Å². The highest BCUT2D eigenvalue weighted by Gasteiger charge is 2.44. The predicted octanol–water partition coefficient (Wildman–Crippen LogP) is 4.43. The van der Waals surface area contributed by atoms with Gasteiger partial charge in [-0.05, 0) is 57.6 Å². The van der Waals surface area contributed by atoms with Gasteiger partial charge in [0.2, 0.25) is 0 Å². The molecule has 4 rings (SSSR count). The van der Waals surface area contributed by atoms with Crippen molar-refractivity contribution in [3.05, 3.63) is 46.8 Å². The Morgan fingerprint density at radius 1 is 1.31 bits per heavy atom. The van der Waals surface area contributed by atoms with Crippen molar-refractivity contribution in [1.82, 2.24) is 15.1 Å². The molecule has 0 spiro atoms. The first kappa shape index (κ1) is 17.2. The molecule has 1 aromatic heterocycles. The fourth-order valence-corrected chi connectivity index (χ4v) is 4.19. The minimum absolute atomic E-state index is 0.198. The molecule has 2 aromatic rings. The smallest absolute Gasteiger partial charge is 0.272 e. The Kier molecular flexibility index (Phi) is 3.90. The Balaban J connectivity index is 1.83. The zero-order valence-corrected chi connectivity index (χ0v) is 15.3. The van der Waals surface area contributed by atoms with Crippen molar-refractivity contribution in [1.29, 1.82) is 0 Å². The highest BCUT2D eigenvalue weighted by Crippen LogP contribution is 2.54. The number of rotatable bonds is 4. The van der Waals surface area contributed by atoms with E-state index in [1.807, 2.05) is 20.8 Å². The van der Waals surface area contributed by atoms with Crippen LogP contribution in [0.1, 0.15) is 80.0 Å². The second-order valence-electron chi connectivity index (χ2n) is 8.05. The number of carbonyl (C=O) groups is 1. The average Bonchev–Trinajstić information content (AvgIpc) is 3.26. The van der Waals surface area contributed by atoms with Gasteiger partial charge < -0.3 is 5.32 Å². The van der Waals surface area contributed by atoms with E-state index in [4.69, 9.17) is 0 Å². The SMILES string of the molecule is CCC(C)(C)NC(=O)c1nn(-c2ccc(F)cc2F)c2c1C1CCC2C1. The predicted molar refractivity (Wildman–Crippen MR) is 94.6 cm³/mol. The van der Waals surface area contributed by atoms with Crippen LogP contribution in [0.15, 0.2) is 18.2 Å². The van der Waals surface area contributed by atoms with E-state index in [2.05, 4.69) is 10.4 Å². The number of nitrogens with one attached hydrogen (secondary N) is 1. The summed E-state index contributed by atoms with van der Waals surface area (Å²) in [7, 11) is 0. The van der Waals surface area contributed by atoms with Gasteiger partial charge in [-0.15, -0.1) is 0 Å². The van der Waals surface area contributed by atoms with Gasteiger partial charge in [0.25, 0.3) is 5.91 Å². The van der Waals surface area contributed by atoms with Crippen LogP contribution in [0.25, 0.3) is 5.69 Å². The van der Waals surface area contributed by atoms with E-state index in [0.717, 1.165) is 43.0 Å². The molecule has 2 unspecified atom stereocenters. The lowest BCUT2D eigenvalue weighted by Crippen LogP contribution is -2.43. The second kappa shape index (κ2) is 5.89. The van der Waals surface area contributed by atoms with Crippen molar-refractivity contribution in [2.24, 2.45) is 0 Å². The summed E-state index contributed by atoms with van der Waals surface area (Å²) in [5, 5.41) is 7.53. The molecule has 2 atom stereocenters. The van der Waals surface area contributed by atoms with Crippen LogP contribution in [0.2, 0.25) is 0 Å². The molecule has 0 saturated heterocycles. The molecule has 2 bridgehead atoms.